The maximum Gasteiger partial charge on any atom is 0.119 e. The molecule has 0 amide bonds. The summed E-state index contributed by atoms with van der Waals surface area (Å²) in [6.07, 6.45) is 8.51. The van der Waals surface area contributed by atoms with Gasteiger partial charge in [0.2, 0.25) is 0 Å². The second-order valence-corrected chi connectivity index (χ2v) is 6.05. The van der Waals surface area contributed by atoms with Gasteiger partial charge in [-0.3, -0.25) is 0 Å². The fourth-order valence-corrected chi connectivity index (χ4v) is 3.41. The Morgan fingerprint density at radius 3 is 2.75 bits per heavy atom. The Bertz CT molecular complexity index is 416. The normalized spacial score (nSPS) is 18.2. The zero-order chi connectivity index (χ0) is 14.4. The van der Waals surface area contributed by atoms with Gasteiger partial charge in [0.25, 0.3) is 0 Å². The van der Waals surface area contributed by atoms with Crippen molar-refractivity contribution in [1.29, 1.82) is 0 Å². The van der Waals surface area contributed by atoms with E-state index in [0.717, 1.165) is 12.8 Å². The number of fused-ring (bicyclic) bond motifs is 1. The molecule has 2 rings (SSSR count). The summed E-state index contributed by atoms with van der Waals surface area (Å²) in [7, 11) is 0. The molecule has 0 fully saturated rings. The van der Waals surface area contributed by atoms with Crippen LogP contribution < -0.4 is 0 Å². The van der Waals surface area contributed by atoms with Crippen molar-refractivity contribution in [1.82, 2.24) is 4.90 Å². The number of nitrogens with zero attached hydrogens (tertiary/aromatic N) is 1. The highest BCUT2D eigenvalue weighted by Gasteiger charge is 2.24. The number of phenolic OH excluding ortho intramolecular Hbond substituents is 1. The van der Waals surface area contributed by atoms with E-state index in [1.54, 1.807) is 0 Å². The molecule has 0 aromatic heterocycles. The second-order valence-electron chi connectivity index (χ2n) is 6.05. The summed E-state index contributed by atoms with van der Waals surface area (Å²) in [5.74, 6) is 0.494. The lowest BCUT2D eigenvalue weighted by molar-refractivity contribution is 0.176. The smallest absolute Gasteiger partial charge is 0.119 e. The van der Waals surface area contributed by atoms with Gasteiger partial charge in [0.1, 0.15) is 5.75 Å². The second kappa shape index (κ2) is 7.68. The molecule has 112 valence electrons. The van der Waals surface area contributed by atoms with E-state index in [0.29, 0.717) is 11.8 Å². The average molecular weight is 275 g/mol. The summed E-state index contributed by atoms with van der Waals surface area (Å²) in [6, 6.07) is 6.67. The van der Waals surface area contributed by atoms with Crippen molar-refractivity contribution in [3.8, 4) is 5.75 Å². The van der Waals surface area contributed by atoms with Gasteiger partial charge in [0.05, 0.1) is 0 Å². The molecular formula is C18H29NO. The highest BCUT2D eigenvalue weighted by atomic mass is 16.3. The fourth-order valence-electron chi connectivity index (χ4n) is 3.41. The SMILES string of the molecule is CCCCCN(CCC)C1CCc2c(O)cccc2C1. The van der Waals surface area contributed by atoms with Crippen molar-refractivity contribution < 1.29 is 5.11 Å². The minimum atomic E-state index is 0.494. The van der Waals surface area contributed by atoms with Crippen LogP contribution in [-0.4, -0.2) is 29.1 Å². The molecule has 0 saturated carbocycles. The molecule has 1 aromatic carbocycles. The van der Waals surface area contributed by atoms with Gasteiger partial charge in [-0.05, 0) is 62.4 Å². The van der Waals surface area contributed by atoms with Crippen LogP contribution in [-0.2, 0) is 12.8 Å². The molecule has 0 aliphatic heterocycles. The number of rotatable bonds is 7. The van der Waals surface area contributed by atoms with Gasteiger partial charge in [-0.15, -0.1) is 0 Å². The van der Waals surface area contributed by atoms with E-state index < -0.39 is 0 Å². The molecular weight excluding hydrogens is 246 g/mol. The van der Waals surface area contributed by atoms with Crippen LogP contribution in [0, 0.1) is 0 Å². The van der Waals surface area contributed by atoms with E-state index in [4.69, 9.17) is 0 Å². The third kappa shape index (κ3) is 3.76. The van der Waals surface area contributed by atoms with Crippen molar-refractivity contribution >= 4 is 0 Å². The summed E-state index contributed by atoms with van der Waals surface area (Å²) < 4.78 is 0. The summed E-state index contributed by atoms with van der Waals surface area (Å²) in [5.41, 5.74) is 2.55. The van der Waals surface area contributed by atoms with Crippen molar-refractivity contribution in [3.05, 3.63) is 29.3 Å². The van der Waals surface area contributed by atoms with Crippen LogP contribution >= 0.6 is 0 Å². The molecule has 1 N–H and O–H groups in total. The number of hydrogen-bond donors (Lipinski definition) is 1. The van der Waals surface area contributed by atoms with Crippen molar-refractivity contribution in [3.63, 3.8) is 0 Å². The van der Waals surface area contributed by atoms with E-state index in [9.17, 15) is 5.11 Å². The van der Waals surface area contributed by atoms with Crippen LogP contribution in [0.4, 0.5) is 0 Å². The first-order chi connectivity index (χ1) is 9.76. The zero-order valence-corrected chi connectivity index (χ0v) is 13.1. The van der Waals surface area contributed by atoms with Crippen molar-refractivity contribution in [2.45, 2.75) is 64.8 Å². The molecule has 0 saturated heterocycles. The van der Waals surface area contributed by atoms with E-state index in [1.165, 1.54) is 56.3 Å². The third-order valence-electron chi connectivity index (χ3n) is 4.51. The monoisotopic (exact) mass is 275 g/mol. The topological polar surface area (TPSA) is 23.5 Å². The van der Waals surface area contributed by atoms with E-state index in [1.807, 2.05) is 12.1 Å². The minimum Gasteiger partial charge on any atom is -0.508 e. The Morgan fingerprint density at radius 2 is 2.00 bits per heavy atom. The summed E-state index contributed by atoms with van der Waals surface area (Å²) in [5, 5.41) is 9.94. The quantitative estimate of drug-likeness (QED) is 0.756. The highest BCUT2D eigenvalue weighted by molar-refractivity contribution is 5.41. The molecule has 2 heteroatoms. The van der Waals surface area contributed by atoms with E-state index in [-0.39, 0.29) is 0 Å². The number of benzene rings is 1. The van der Waals surface area contributed by atoms with Crippen LogP contribution in [0.15, 0.2) is 18.2 Å². The molecule has 0 spiro atoms. The molecule has 1 unspecified atom stereocenters. The summed E-state index contributed by atoms with van der Waals surface area (Å²) in [4.78, 5) is 2.68. The van der Waals surface area contributed by atoms with Crippen molar-refractivity contribution in [2.75, 3.05) is 13.1 Å². The van der Waals surface area contributed by atoms with E-state index >= 15 is 0 Å². The molecule has 0 bridgehead atoms. The maximum absolute atomic E-state index is 9.94. The first kappa shape index (κ1) is 15.4. The molecule has 2 nitrogen and oxygen atoms in total. The Kier molecular flexibility index (Phi) is 5.90. The molecule has 0 radical (unpaired) electrons. The fraction of sp³-hybridized carbons (Fsp3) is 0.667. The van der Waals surface area contributed by atoms with Gasteiger partial charge in [0.15, 0.2) is 0 Å². The Labute approximate surface area is 123 Å². The molecule has 20 heavy (non-hydrogen) atoms. The zero-order valence-electron chi connectivity index (χ0n) is 13.1. The Morgan fingerprint density at radius 1 is 1.15 bits per heavy atom. The predicted octanol–water partition coefficient (Wildman–Crippen LogP) is 4.15. The van der Waals surface area contributed by atoms with Crippen LogP contribution in [0.3, 0.4) is 0 Å². The largest absolute Gasteiger partial charge is 0.508 e. The lowest BCUT2D eigenvalue weighted by Crippen LogP contribution is -2.40. The number of aromatic hydroxyl groups is 1. The molecule has 1 aliphatic carbocycles. The lowest BCUT2D eigenvalue weighted by Gasteiger charge is -2.35. The highest BCUT2D eigenvalue weighted by Crippen LogP contribution is 2.30. The predicted molar refractivity (Wildman–Crippen MR) is 85.3 cm³/mol. The molecule has 1 aliphatic rings. The van der Waals surface area contributed by atoms with Gasteiger partial charge in [-0.2, -0.15) is 0 Å². The van der Waals surface area contributed by atoms with Gasteiger partial charge in [0, 0.05) is 6.04 Å². The molecule has 1 atom stereocenters. The Hall–Kier alpha value is -1.02. The van der Waals surface area contributed by atoms with Crippen molar-refractivity contribution in [2.24, 2.45) is 0 Å². The third-order valence-corrected chi connectivity index (χ3v) is 4.51. The lowest BCUT2D eigenvalue weighted by atomic mass is 9.86. The molecule has 1 aromatic rings. The Balaban J connectivity index is 2.01. The first-order valence-corrected chi connectivity index (χ1v) is 8.30. The number of unbranched alkanes of at least 4 members (excludes halogenated alkanes) is 2. The van der Waals surface area contributed by atoms with Gasteiger partial charge >= 0.3 is 0 Å². The average Bonchev–Trinajstić information content (AvgIpc) is 2.46. The molecule has 0 heterocycles. The van der Waals surface area contributed by atoms with Crippen LogP contribution in [0.5, 0.6) is 5.75 Å². The first-order valence-electron chi connectivity index (χ1n) is 8.30. The van der Waals surface area contributed by atoms with Crippen LogP contribution in [0.2, 0.25) is 0 Å². The van der Waals surface area contributed by atoms with Gasteiger partial charge < -0.3 is 10.0 Å². The van der Waals surface area contributed by atoms with E-state index in [2.05, 4.69) is 24.8 Å². The standard InChI is InChI=1S/C18H29NO/c1-3-5-6-13-19(12-4-2)16-10-11-17-15(14-16)8-7-9-18(17)20/h7-9,16,20H,3-6,10-14H2,1-2H3. The minimum absolute atomic E-state index is 0.494. The summed E-state index contributed by atoms with van der Waals surface area (Å²) in [6.45, 7) is 6.99. The number of hydrogen-bond acceptors (Lipinski definition) is 2. The summed E-state index contributed by atoms with van der Waals surface area (Å²) >= 11 is 0. The van der Waals surface area contributed by atoms with Gasteiger partial charge in [-0.25, -0.2) is 0 Å². The van der Waals surface area contributed by atoms with Gasteiger partial charge in [-0.1, -0.05) is 38.8 Å². The maximum atomic E-state index is 9.94. The van der Waals surface area contributed by atoms with Crippen LogP contribution in [0.25, 0.3) is 0 Å². The van der Waals surface area contributed by atoms with Crippen LogP contribution in [0.1, 0.15) is 57.1 Å². The number of phenols is 1.